The molecule has 0 radical (unpaired) electrons. The number of carbonyl (C=O) groups excluding carboxylic acids is 1. The number of para-hydroxylation sites is 1. The van der Waals surface area contributed by atoms with Gasteiger partial charge in [-0.2, -0.15) is 5.10 Å². The van der Waals surface area contributed by atoms with Crippen LogP contribution in [0.1, 0.15) is 66.9 Å². The molecule has 6 heteroatoms. The molecule has 3 fully saturated rings. The molecule has 160 valence electrons. The molecule has 2 heterocycles. The Kier molecular flexibility index (Phi) is 5.61. The van der Waals surface area contributed by atoms with Gasteiger partial charge < -0.3 is 10.1 Å². The molecule has 2 saturated carbocycles. The van der Waals surface area contributed by atoms with Gasteiger partial charge in [-0.15, -0.1) is 0 Å². The summed E-state index contributed by atoms with van der Waals surface area (Å²) in [5, 5.41) is 7.92. The first-order valence-electron chi connectivity index (χ1n) is 11.5. The summed E-state index contributed by atoms with van der Waals surface area (Å²) in [6.07, 6.45) is 10.1. The SMILES string of the molecule is O=C(NCC1(N2CCOCC2)CCCCC1)c1cnn(-c2ccccc2)c1C1CC1. The van der Waals surface area contributed by atoms with Crippen molar-refractivity contribution < 1.29 is 9.53 Å². The standard InChI is InChI=1S/C24H32N4O2/c29-23(25-18-24(11-5-2-6-12-24)27-13-15-30-16-14-27)21-17-26-28(22(21)19-9-10-19)20-7-3-1-4-8-20/h1,3-4,7-8,17,19H,2,5-6,9-16,18H2,(H,25,29). The number of carbonyl (C=O) groups is 1. The Balaban J connectivity index is 1.35. The Morgan fingerprint density at radius 1 is 1.10 bits per heavy atom. The van der Waals surface area contributed by atoms with Gasteiger partial charge in [-0.05, 0) is 37.8 Å². The lowest BCUT2D eigenvalue weighted by molar-refractivity contribution is -0.0361. The summed E-state index contributed by atoms with van der Waals surface area (Å²) in [7, 11) is 0. The van der Waals surface area contributed by atoms with E-state index in [-0.39, 0.29) is 11.4 Å². The van der Waals surface area contributed by atoms with Crippen molar-refractivity contribution in [3.8, 4) is 5.69 Å². The van der Waals surface area contributed by atoms with E-state index in [2.05, 4.69) is 27.4 Å². The Morgan fingerprint density at radius 2 is 1.83 bits per heavy atom. The van der Waals surface area contributed by atoms with Gasteiger partial charge in [0.1, 0.15) is 0 Å². The van der Waals surface area contributed by atoms with E-state index in [9.17, 15) is 4.79 Å². The number of nitrogens with zero attached hydrogens (tertiary/aromatic N) is 3. The molecule has 0 spiro atoms. The number of benzene rings is 1. The molecule has 30 heavy (non-hydrogen) atoms. The molecule has 0 bridgehead atoms. The lowest BCUT2D eigenvalue weighted by Gasteiger charge is -2.48. The van der Waals surface area contributed by atoms with Crippen molar-refractivity contribution in [1.29, 1.82) is 0 Å². The zero-order chi connectivity index (χ0) is 20.4. The summed E-state index contributed by atoms with van der Waals surface area (Å²) in [4.78, 5) is 15.9. The van der Waals surface area contributed by atoms with Crippen molar-refractivity contribution in [3.63, 3.8) is 0 Å². The number of rotatable bonds is 6. The number of aromatic nitrogens is 2. The van der Waals surface area contributed by atoms with Gasteiger partial charge in [0.25, 0.3) is 5.91 Å². The maximum Gasteiger partial charge on any atom is 0.254 e. The summed E-state index contributed by atoms with van der Waals surface area (Å²) >= 11 is 0. The van der Waals surface area contributed by atoms with Crippen LogP contribution in [-0.4, -0.2) is 59.0 Å². The predicted molar refractivity (Wildman–Crippen MR) is 116 cm³/mol. The lowest BCUT2D eigenvalue weighted by atomic mass is 9.79. The number of ether oxygens (including phenoxy) is 1. The third kappa shape index (κ3) is 3.91. The van der Waals surface area contributed by atoms with Crippen molar-refractivity contribution in [2.45, 2.75) is 56.4 Å². The minimum atomic E-state index is 0.0253. The monoisotopic (exact) mass is 408 g/mol. The fraction of sp³-hybridized carbons (Fsp3) is 0.583. The van der Waals surface area contributed by atoms with E-state index >= 15 is 0 Å². The summed E-state index contributed by atoms with van der Waals surface area (Å²) < 4.78 is 7.55. The van der Waals surface area contributed by atoms with Gasteiger partial charge in [0.2, 0.25) is 0 Å². The van der Waals surface area contributed by atoms with Crippen LogP contribution in [0.3, 0.4) is 0 Å². The Labute approximate surface area is 178 Å². The molecule has 6 nitrogen and oxygen atoms in total. The Bertz CT molecular complexity index is 863. The third-order valence-corrected chi connectivity index (χ3v) is 7.06. The zero-order valence-corrected chi connectivity index (χ0v) is 17.7. The molecule has 1 amide bonds. The molecule has 1 aromatic heterocycles. The summed E-state index contributed by atoms with van der Waals surface area (Å²) in [6, 6.07) is 10.1. The van der Waals surface area contributed by atoms with Crippen molar-refractivity contribution in [3.05, 3.63) is 47.8 Å². The fourth-order valence-electron chi connectivity index (χ4n) is 5.25. The number of hydrogen-bond donors (Lipinski definition) is 1. The average Bonchev–Trinajstić information content (AvgIpc) is 3.56. The highest BCUT2D eigenvalue weighted by atomic mass is 16.5. The second-order valence-electron chi connectivity index (χ2n) is 9.03. The first-order chi connectivity index (χ1) is 14.8. The average molecular weight is 409 g/mol. The van der Waals surface area contributed by atoms with Gasteiger partial charge in [-0.25, -0.2) is 4.68 Å². The topological polar surface area (TPSA) is 59.4 Å². The predicted octanol–water partition coefficient (Wildman–Crippen LogP) is 3.51. The molecule has 2 aromatic rings. The van der Waals surface area contributed by atoms with Gasteiger partial charge in [0, 0.05) is 31.1 Å². The molecule has 1 aromatic carbocycles. The lowest BCUT2D eigenvalue weighted by Crippen LogP contribution is -2.59. The molecular weight excluding hydrogens is 376 g/mol. The maximum atomic E-state index is 13.3. The van der Waals surface area contributed by atoms with Crippen LogP contribution in [0.2, 0.25) is 0 Å². The van der Waals surface area contributed by atoms with E-state index in [1.54, 1.807) is 6.20 Å². The van der Waals surface area contributed by atoms with E-state index in [4.69, 9.17) is 4.74 Å². The van der Waals surface area contributed by atoms with E-state index in [0.29, 0.717) is 12.5 Å². The van der Waals surface area contributed by atoms with Crippen LogP contribution in [0, 0.1) is 0 Å². The van der Waals surface area contributed by atoms with Crippen LogP contribution < -0.4 is 5.32 Å². The van der Waals surface area contributed by atoms with Gasteiger partial charge >= 0.3 is 0 Å². The highest BCUT2D eigenvalue weighted by Crippen LogP contribution is 2.42. The Morgan fingerprint density at radius 3 is 2.53 bits per heavy atom. The normalized spacial score (nSPS) is 22.0. The number of hydrogen-bond acceptors (Lipinski definition) is 4. The highest BCUT2D eigenvalue weighted by Gasteiger charge is 2.39. The molecule has 3 aliphatic rings. The summed E-state index contributed by atoms with van der Waals surface area (Å²) in [6.45, 7) is 4.24. The van der Waals surface area contributed by atoms with Crippen LogP contribution in [-0.2, 0) is 4.74 Å². The quantitative estimate of drug-likeness (QED) is 0.795. The molecular formula is C24H32N4O2. The number of nitrogens with one attached hydrogen (secondary N) is 1. The van der Waals surface area contributed by atoms with Crippen LogP contribution in [0.25, 0.3) is 5.69 Å². The van der Waals surface area contributed by atoms with Crippen LogP contribution in [0.15, 0.2) is 36.5 Å². The second kappa shape index (κ2) is 8.52. The molecule has 0 atom stereocenters. The van der Waals surface area contributed by atoms with Crippen molar-refractivity contribution in [2.24, 2.45) is 0 Å². The van der Waals surface area contributed by atoms with Crippen LogP contribution >= 0.6 is 0 Å². The van der Waals surface area contributed by atoms with E-state index in [1.165, 1.54) is 19.3 Å². The molecule has 1 saturated heterocycles. The Hall–Kier alpha value is -2.18. The maximum absolute atomic E-state index is 13.3. The van der Waals surface area contributed by atoms with Gasteiger partial charge in [0.05, 0.1) is 36.4 Å². The zero-order valence-electron chi connectivity index (χ0n) is 17.7. The molecule has 0 unspecified atom stereocenters. The number of amides is 1. The van der Waals surface area contributed by atoms with Gasteiger partial charge in [0.15, 0.2) is 0 Å². The first-order valence-corrected chi connectivity index (χ1v) is 11.5. The summed E-state index contributed by atoms with van der Waals surface area (Å²) in [5.74, 6) is 0.466. The molecule has 2 aliphatic carbocycles. The molecule has 5 rings (SSSR count). The van der Waals surface area contributed by atoms with Crippen LogP contribution in [0.4, 0.5) is 0 Å². The van der Waals surface area contributed by atoms with Crippen molar-refractivity contribution in [2.75, 3.05) is 32.8 Å². The van der Waals surface area contributed by atoms with Gasteiger partial charge in [-0.1, -0.05) is 37.5 Å². The highest BCUT2D eigenvalue weighted by molar-refractivity contribution is 5.95. The van der Waals surface area contributed by atoms with Gasteiger partial charge in [-0.3, -0.25) is 9.69 Å². The smallest absolute Gasteiger partial charge is 0.254 e. The van der Waals surface area contributed by atoms with E-state index in [1.807, 2.05) is 22.9 Å². The summed E-state index contributed by atoms with van der Waals surface area (Å²) in [5.41, 5.74) is 2.92. The fourth-order valence-corrected chi connectivity index (χ4v) is 5.25. The second-order valence-corrected chi connectivity index (χ2v) is 9.03. The van der Waals surface area contributed by atoms with Crippen molar-refractivity contribution in [1.82, 2.24) is 20.0 Å². The van der Waals surface area contributed by atoms with Crippen molar-refractivity contribution >= 4 is 5.91 Å². The first kappa shape index (κ1) is 19.8. The number of morpholine rings is 1. The molecule has 1 aliphatic heterocycles. The largest absolute Gasteiger partial charge is 0.379 e. The van der Waals surface area contributed by atoms with Crippen LogP contribution in [0.5, 0.6) is 0 Å². The molecule has 1 N–H and O–H groups in total. The minimum Gasteiger partial charge on any atom is -0.379 e. The minimum absolute atomic E-state index is 0.0253. The third-order valence-electron chi connectivity index (χ3n) is 7.06. The van der Waals surface area contributed by atoms with E-state index in [0.717, 1.165) is 68.9 Å². The van der Waals surface area contributed by atoms with E-state index < -0.39 is 0 Å².